The van der Waals surface area contributed by atoms with Crippen LogP contribution < -0.4 is 19.5 Å². The van der Waals surface area contributed by atoms with E-state index in [4.69, 9.17) is 14.2 Å². The van der Waals surface area contributed by atoms with Crippen LogP contribution in [0.4, 0.5) is 5.69 Å². The van der Waals surface area contributed by atoms with E-state index in [0.717, 1.165) is 11.7 Å². The molecule has 0 radical (unpaired) electrons. The number of anilines is 1. The van der Waals surface area contributed by atoms with E-state index < -0.39 is 35.1 Å². The normalized spacial score (nSPS) is 13.4. The van der Waals surface area contributed by atoms with Crippen LogP contribution in [0.1, 0.15) is 6.42 Å². The number of ether oxygens (including phenoxy) is 3. The van der Waals surface area contributed by atoms with Crippen molar-refractivity contribution in [3.8, 4) is 11.5 Å². The molecule has 0 atom stereocenters. The van der Waals surface area contributed by atoms with E-state index in [-0.39, 0.29) is 4.90 Å². The van der Waals surface area contributed by atoms with Crippen molar-refractivity contribution in [3.05, 3.63) is 36.4 Å². The highest BCUT2D eigenvalue weighted by Crippen LogP contribution is 2.31. The molecule has 0 saturated carbocycles. The molecule has 2 heterocycles. The topological polar surface area (TPSA) is 146 Å². The minimum absolute atomic E-state index is 0.0859. The smallest absolute Gasteiger partial charge is 0.321 e. The van der Waals surface area contributed by atoms with Gasteiger partial charge < -0.3 is 19.5 Å². The van der Waals surface area contributed by atoms with Gasteiger partial charge in [0.2, 0.25) is 10.0 Å². The summed E-state index contributed by atoms with van der Waals surface area (Å²) in [5.74, 6) is -0.734. The third kappa shape index (κ3) is 5.12. The number of fused-ring (bicyclic) bond motifs is 2. The highest BCUT2D eigenvalue weighted by Gasteiger charge is 2.20. The molecular formula is C19H18N4O7S2. The van der Waals surface area contributed by atoms with E-state index in [0.29, 0.717) is 47.9 Å². The van der Waals surface area contributed by atoms with E-state index in [1.54, 1.807) is 18.2 Å². The summed E-state index contributed by atoms with van der Waals surface area (Å²) in [4.78, 5) is 23.9. The Hall–Kier alpha value is -3.29. The molecule has 2 aromatic carbocycles. The Kier molecular flexibility index (Phi) is 6.48. The number of hydrogen-bond acceptors (Lipinski definition) is 10. The standard InChI is InChI=1S/C19H18N4O7S2/c24-17(21-13-3-1-4-14-19(13)23-31-22-14)11-30-18(25)10-20-32(26,27)12-5-6-15-16(9-12)29-8-2-7-28-15/h1,3-6,9,20H,2,7-8,10-11H2,(H,21,24). The van der Waals surface area contributed by atoms with Crippen molar-refractivity contribution >= 4 is 50.3 Å². The number of nitrogens with one attached hydrogen (secondary N) is 2. The fourth-order valence-electron chi connectivity index (χ4n) is 2.84. The molecular weight excluding hydrogens is 460 g/mol. The monoisotopic (exact) mass is 478 g/mol. The van der Waals surface area contributed by atoms with Crippen molar-refractivity contribution in [3.63, 3.8) is 0 Å². The van der Waals surface area contributed by atoms with Crippen LogP contribution in [0, 0.1) is 0 Å². The number of esters is 1. The number of carbonyl (C=O) groups is 2. The Bertz CT molecular complexity index is 1260. The van der Waals surface area contributed by atoms with Gasteiger partial charge in [0, 0.05) is 12.5 Å². The zero-order chi connectivity index (χ0) is 22.6. The van der Waals surface area contributed by atoms with Gasteiger partial charge in [-0.15, -0.1) is 0 Å². The zero-order valence-electron chi connectivity index (χ0n) is 16.6. The average molecular weight is 479 g/mol. The Morgan fingerprint density at radius 1 is 1.09 bits per heavy atom. The number of amides is 1. The Balaban J connectivity index is 1.29. The number of carbonyl (C=O) groups excluding carboxylic acids is 2. The lowest BCUT2D eigenvalue weighted by molar-refractivity contribution is -0.146. The molecule has 1 amide bonds. The van der Waals surface area contributed by atoms with E-state index in [9.17, 15) is 18.0 Å². The van der Waals surface area contributed by atoms with Crippen molar-refractivity contribution in [1.29, 1.82) is 0 Å². The molecule has 0 aliphatic carbocycles. The number of benzene rings is 2. The second-order valence-electron chi connectivity index (χ2n) is 6.63. The van der Waals surface area contributed by atoms with Gasteiger partial charge >= 0.3 is 5.97 Å². The molecule has 13 heteroatoms. The number of rotatable bonds is 7. The second-order valence-corrected chi connectivity index (χ2v) is 8.93. The van der Waals surface area contributed by atoms with Gasteiger partial charge in [0.15, 0.2) is 18.1 Å². The van der Waals surface area contributed by atoms with Gasteiger partial charge in [-0.25, -0.2) is 8.42 Å². The molecule has 0 fully saturated rings. The number of nitrogens with zero attached hydrogens (tertiary/aromatic N) is 2. The fourth-order valence-corrected chi connectivity index (χ4v) is 4.37. The first-order valence-electron chi connectivity index (χ1n) is 9.48. The summed E-state index contributed by atoms with van der Waals surface area (Å²) in [6, 6.07) is 9.28. The summed E-state index contributed by atoms with van der Waals surface area (Å²) in [5, 5.41) is 2.58. The molecule has 168 valence electrons. The maximum Gasteiger partial charge on any atom is 0.321 e. The van der Waals surface area contributed by atoms with Crippen molar-refractivity contribution in [2.75, 3.05) is 31.7 Å². The Morgan fingerprint density at radius 3 is 2.75 bits per heavy atom. The largest absolute Gasteiger partial charge is 0.490 e. The minimum Gasteiger partial charge on any atom is -0.490 e. The van der Waals surface area contributed by atoms with Gasteiger partial charge in [0.05, 0.1) is 35.5 Å². The first kappa shape index (κ1) is 21.9. The SMILES string of the molecule is O=C(COC(=O)CNS(=O)(=O)c1ccc2c(c1)OCCCO2)Nc1cccc2nsnc12. The first-order valence-corrected chi connectivity index (χ1v) is 11.7. The molecule has 3 aromatic rings. The maximum absolute atomic E-state index is 12.5. The molecule has 0 unspecified atom stereocenters. The third-order valence-corrected chi connectivity index (χ3v) is 6.30. The van der Waals surface area contributed by atoms with Crippen LogP contribution in [0.3, 0.4) is 0 Å². The van der Waals surface area contributed by atoms with Crippen LogP contribution in [0.2, 0.25) is 0 Å². The molecule has 32 heavy (non-hydrogen) atoms. The van der Waals surface area contributed by atoms with Gasteiger partial charge in [0.25, 0.3) is 5.91 Å². The van der Waals surface area contributed by atoms with E-state index in [1.165, 1.54) is 18.2 Å². The van der Waals surface area contributed by atoms with Crippen molar-refractivity contribution in [2.45, 2.75) is 11.3 Å². The summed E-state index contributed by atoms with van der Waals surface area (Å²) in [5.41, 5.74) is 1.60. The molecule has 0 saturated heterocycles. The lowest BCUT2D eigenvalue weighted by Crippen LogP contribution is -2.32. The summed E-state index contributed by atoms with van der Waals surface area (Å²) in [7, 11) is -4.01. The van der Waals surface area contributed by atoms with Crippen LogP contribution in [-0.2, 0) is 24.3 Å². The van der Waals surface area contributed by atoms with Crippen LogP contribution in [0.15, 0.2) is 41.3 Å². The quantitative estimate of drug-likeness (QED) is 0.480. The van der Waals surface area contributed by atoms with Crippen LogP contribution in [0.25, 0.3) is 11.0 Å². The van der Waals surface area contributed by atoms with Crippen LogP contribution in [-0.4, -0.2) is 55.4 Å². The van der Waals surface area contributed by atoms with Crippen molar-refractivity contribution in [1.82, 2.24) is 13.5 Å². The molecule has 2 N–H and O–H groups in total. The first-order chi connectivity index (χ1) is 15.4. The lowest BCUT2D eigenvalue weighted by atomic mass is 10.2. The van der Waals surface area contributed by atoms with Gasteiger partial charge in [-0.2, -0.15) is 13.5 Å². The van der Waals surface area contributed by atoms with Crippen molar-refractivity contribution < 1.29 is 32.2 Å². The van der Waals surface area contributed by atoms with E-state index in [1.807, 2.05) is 0 Å². The zero-order valence-corrected chi connectivity index (χ0v) is 18.2. The third-order valence-electron chi connectivity index (χ3n) is 4.36. The minimum atomic E-state index is -4.01. The average Bonchev–Trinajstić information content (AvgIpc) is 3.14. The summed E-state index contributed by atoms with van der Waals surface area (Å²) >= 11 is 1.01. The van der Waals surface area contributed by atoms with Gasteiger partial charge in [-0.3, -0.25) is 9.59 Å². The van der Waals surface area contributed by atoms with Crippen LogP contribution >= 0.6 is 11.7 Å². The Morgan fingerprint density at radius 2 is 1.91 bits per heavy atom. The summed E-state index contributed by atoms with van der Waals surface area (Å²) < 4.78 is 51.1. The molecule has 1 aliphatic heterocycles. The summed E-state index contributed by atoms with van der Waals surface area (Å²) in [6.45, 7) is -0.341. The molecule has 1 aliphatic rings. The molecule has 4 rings (SSSR count). The Labute approximate surface area is 187 Å². The predicted octanol–water partition coefficient (Wildman–Crippen LogP) is 1.31. The van der Waals surface area contributed by atoms with Gasteiger partial charge in [0.1, 0.15) is 17.6 Å². The lowest BCUT2D eigenvalue weighted by Gasteiger charge is -2.11. The van der Waals surface area contributed by atoms with Crippen LogP contribution in [0.5, 0.6) is 11.5 Å². The molecule has 0 bridgehead atoms. The van der Waals surface area contributed by atoms with Gasteiger partial charge in [-0.05, 0) is 24.3 Å². The highest BCUT2D eigenvalue weighted by atomic mass is 32.2. The van der Waals surface area contributed by atoms with Crippen molar-refractivity contribution in [2.24, 2.45) is 0 Å². The second kappa shape index (κ2) is 9.46. The molecule has 1 aromatic heterocycles. The van der Waals surface area contributed by atoms with E-state index in [2.05, 4.69) is 18.8 Å². The summed E-state index contributed by atoms with van der Waals surface area (Å²) in [6.07, 6.45) is 0.685. The molecule has 11 nitrogen and oxygen atoms in total. The number of aromatic nitrogens is 2. The number of sulfonamides is 1. The van der Waals surface area contributed by atoms with E-state index >= 15 is 0 Å². The number of hydrogen-bond donors (Lipinski definition) is 2. The predicted molar refractivity (Wildman–Crippen MR) is 114 cm³/mol. The fraction of sp³-hybridized carbons (Fsp3) is 0.263. The highest BCUT2D eigenvalue weighted by molar-refractivity contribution is 7.89. The molecule has 0 spiro atoms. The maximum atomic E-state index is 12.5. The van der Waals surface area contributed by atoms with Gasteiger partial charge in [-0.1, -0.05) is 6.07 Å².